The van der Waals surface area contributed by atoms with E-state index in [-0.39, 0.29) is 5.43 Å². The first-order valence-corrected chi connectivity index (χ1v) is 7.82. The molecule has 0 amide bonds. The highest BCUT2D eigenvalue weighted by atomic mass is 16.1. The minimum Gasteiger partial charge on any atom is -0.349 e. The van der Waals surface area contributed by atoms with Gasteiger partial charge in [0.1, 0.15) is 0 Å². The Hall–Kier alpha value is -2.29. The van der Waals surface area contributed by atoms with E-state index in [1.165, 1.54) is 5.56 Å². The third kappa shape index (κ3) is 2.27. The van der Waals surface area contributed by atoms with E-state index in [4.69, 9.17) is 0 Å². The van der Waals surface area contributed by atoms with Crippen LogP contribution in [0.15, 0.2) is 47.4 Å². The molecule has 3 aromatic rings. The van der Waals surface area contributed by atoms with Gasteiger partial charge < -0.3 is 9.13 Å². The average Bonchev–Trinajstić information content (AvgIpc) is 2.92. The topological polar surface area (TPSA) is 26.9 Å². The molecule has 3 rings (SSSR count). The Morgan fingerprint density at radius 3 is 2.45 bits per heavy atom. The second kappa shape index (κ2) is 5.48. The Labute approximate surface area is 130 Å². The van der Waals surface area contributed by atoms with E-state index in [0.717, 1.165) is 28.8 Å². The summed E-state index contributed by atoms with van der Waals surface area (Å²) in [5, 5.41) is 0.811. The van der Waals surface area contributed by atoms with Crippen LogP contribution in [0.1, 0.15) is 32.3 Å². The first kappa shape index (κ1) is 14.6. The summed E-state index contributed by atoms with van der Waals surface area (Å²) in [5.41, 5.74) is 4.35. The number of hydrogen-bond donors (Lipinski definition) is 0. The standard InChI is InChI=1S/C19H22N2O/c1-5-21-16-9-8-14(13(2)3)11-15(16)19(22)12-18(21)17-7-6-10-20(17)4/h6-13H,5H2,1-4H3. The minimum absolute atomic E-state index is 0.0957. The van der Waals surface area contributed by atoms with Gasteiger partial charge in [-0.15, -0.1) is 0 Å². The Bertz CT molecular complexity index is 884. The van der Waals surface area contributed by atoms with Gasteiger partial charge >= 0.3 is 0 Å². The van der Waals surface area contributed by atoms with Crippen molar-refractivity contribution in [3.05, 3.63) is 58.4 Å². The lowest BCUT2D eigenvalue weighted by Gasteiger charge is -2.17. The van der Waals surface area contributed by atoms with E-state index in [1.54, 1.807) is 6.07 Å². The van der Waals surface area contributed by atoms with Gasteiger partial charge in [-0.1, -0.05) is 19.9 Å². The molecule has 3 nitrogen and oxygen atoms in total. The molecule has 1 aromatic carbocycles. The Balaban J connectivity index is 2.36. The fourth-order valence-electron chi connectivity index (χ4n) is 3.04. The van der Waals surface area contributed by atoms with Crippen LogP contribution in [0.5, 0.6) is 0 Å². The molecule has 0 radical (unpaired) electrons. The van der Waals surface area contributed by atoms with Gasteiger partial charge in [-0.25, -0.2) is 0 Å². The van der Waals surface area contributed by atoms with Crippen LogP contribution in [0.25, 0.3) is 22.3 Å². The SMILES string of the molecule is CCn1c(-c2cccn2C)cc(=O)c2cc(C(C)C)ccc21. The zero-order valence-corrected chi connectivity index (χ0v) is 13.6. The highest BCUT2D eigenvalue weighted by Gasteiger charge is 2.13. The maximum Gasteiger partial charge on any atom is 0.190 e. The molecule has 3 heteroatoms. The summed E-state index contributed by atoms with van der Waals surface area (Å²) in [6.45, 7) is 7.25. The number of rotatable bonds is 3. The number of benzene rings is 1. The second-order valence-corrected chi connectivity index (χ2v) is 6.07. The van der Waals surface area contributed by atoms with Crippen molar-refractivity contribution in [1.82, 2.24) is 9.13 Å². The summed E-state index contributed by atoms with van der Waals surface area (Å²) in [7, 11) is 2.01. The number of aryl methyl sites for hydroxylation is 2. The van der Waals surface area contributed by atoms with Crippen molar-refractivity contribution in [2.75, 3.05) is 0 Å². The summed E-state index contributed by atoms with van der Waals surface area (Å²) in [4.78, 5) is 12.6. The lowest BCUT2D eigenvalue weighted by molar-refractivity contribution is 0.783. The molecule has 22 heavy (non-hydrogen) atoms. The van der Waals surface area contributed by atoms with Crippen LogP contribution in [0.4, 0.5) is 0 Å². The van der Waals surface area contributed by atoms with Crippen molar-refractivity contribution in [2.24, 2.45) is 7.05 Å². The van der Waals surface area contributed by atoms with Crippen LogP contribution < -0.4 is 5.43 Å². The molecule has 0 fully saturated rings. The van der Waals surface area contributed by atoms with Crippen LogP contribution in [-0.2, 0) is 13.6 Å². The summed E-state index contributed by atoms with van der Waals surface area (Å²) in [6.07, 6.45) is 2.01. The van der Waals surface area contributed by atoms with Gasteiger partial charge in [0.05, 0.1) is 16.9 Å². The molecule has 0 spiro atoms. The predicted molar refractivity (Wildman–Crippen MR) is 92.4 cm³/mol. The van der Waals surface area contributed by atoms with Crippen LogP contribution in [0, 0.1) is 0 Å². The van der Waals surface area contributed by atoms with Crippen LogP contribution in [0.3, 0.4) is 0 Å². The van der Waals surface area contributed by atoms with Crippen molar-refractivity contribution in [2.45, 2.75) is 33.2 Å². The van der Waals surface area contributed by atoms with Crippen molar-refractivity contribution in [1.29, 1.82) is 0 Å². The number of nitrogens with zero attached hydrogens (tertiary/aromatic N) is 2. The number of fused-ring (bicyclic) bond motifs is 1. The fourth-order valence-corrected chi connectivity index (χ4v) is 3.04. The molecule has 2 heterocycles. The smallest absolute Gasteiger partial charge is 0.190 e. The van der Waals surface area contributed by atoms with Gasteiger partial charge in [-0.3, -0.25) is 4.79 Å². The lowest BCUT2D eigenvalue weighted by Crippen LogP contribution is -2.12. The molecule has 0 aliphatic rings. The van der Waals surface area contributed by atoms with E-state index in [9.17, 15) is 4.79 Å². The van der Waals surface area contributed by atoms with Crippen molar-refractivity contribution in [3.63, 3.8) is 0 Å². The van der Waals surface area contributed by atoms with E-state index < -0.39 is 0 Å². The predicted octanol–water partition coefficient (Wildman–Crippen LogP) is 4.15. The summed E-state index contributed by atoms with van der Waals surface area (Å²) >= 11 is 0. The Morgan fingerprint density at radius 2 is 1.86 bits per heavy atom. The van der Waals surface area contributed by atoms with Gasteiger partial charge in [0.2, 0.25) is 0 Å². The molecule has 0 saturated carbocycles. The minimum atomic E-state index is 0.0957. The molecule has 0 unspecified atom stereocenters. The van der Waals surface area contributed by atoms with Crippen LogP contribution >= 0.6 is 0 Å². The largest absolute Gasteiger partial charge is 0.349 e. The maximum absolute atomic E-state index is 12.6. The van der Waals surface area contributed by atoms with Gasteiger partial charge in [-0.05, 0) is 42.7 Å². The highest BCUT2D eigenvalue weighted by molar-refractivity contribution is 5.83. The number of pyridine rings is 1. The van der Waals surface area contributed by atoms with E-state index in [1.807, 2.05) is 25.4 Å². The molecule has 0 aliphatic heterocycles. The van der Waals surface area contributed by atoms with E-state index in [2.05, 4.69) is 48.1 Å². The lowest BCUT2D eigenvalue weighted by atomic mass is 10.0. The molecule has 0 saturated heterocycles. The molecule has 0 atom stereocenters. The van der Waals surface area contributed by atoms with Crippen LogP contribution in [0.2, 0.25) is 0 Å². The van der Waals surface area contributed by atoms with Gasteiger partial charge in [0.15, 0.2) is 5.43 Å². The van der Waals surface area contributed by atoms with Crippen molar-refractivity contribution < 1.29 is 0 Å². The highest BCUT2D eigenvalue weighted by Crippen LogP contribution is 2.25. The van der Waals surface area contributed by atoms with Crippen LogP contribution in [-0.4, -0.2) is 9.13 Å². The summed E-state index contributed by atoms with van der Waals surface area (Å²) in [6, 6.07) is 12.1. The fraction of sp³-hybridized carbons (Fsp3) is 0.316. The summed E-state index contributed by atoms with van der Waals surface area (Å²) < 4.78 is 4.27. The quantitative estimate of drug-likeness (QED) is 0.713. The number of aromatic nitrogens is 2. The maximum atomic E-state index is 12.6. The molecule has 114 valence electrons. The van der Waals surface area contributed by atoms with Crippen molar-refractivity contribution >= 4 is 10.9 Å². The molecule has 0 aliphatic carbocycles. The third-order valence-electron chi connectivity index (χ3n) is 4.32. The first-order valence-electron chi connectivity index (χ1n) is 7.82. The first-order chi connectivity index (χ1) is 10.5. The Morgan fingerprint density at radius 1 is 1.09 bits per heavy atom. The van der Waals surface area contributed by atoms with Crippen molar-refractivity contribution in [3.8, 4) is 11.4 Å². The molecule has 0 bridgehead atoms. The van der Waals surface area contributed by atoms with E-state index >= 15 is 0 Å². The summed E-state index contributed by atoms with van der Waals surface area (Å²) in [5.74, 6) is 0.423. The zero-order valence-electron chi connectivity index (χ0n) is 13.6. The molecular weight excluding hydrogens is 272 g/mol. The van der Waals surface area contributed by atoms with Gasteiger partial charge in [0, 0.05) is 31.2 Å². The Kier molecular flexibility index (Phi) is 3.65. The molecule has 2 aromatic heterocycles. The average molecular weight is 294 g/mol. The number of hydrogen-bond acceptors (Lipinski definition) is 1. The van der Waals surface area contributed by atoms with E-state index in [0.29, 0.717) is 5.92 Å². The van der Waals surface area contributed by atoms with Gasteiger partial charge in [-0.2, -0.15) is 0 Å². The normalized spacial score (nSPS) is 11.5. The zero-order chi connectivity index (χ0) is 15.9. The third-order valence-corrected chi connectivity index (χ3v) is 4.32. The molecular formula is C19H22N2O. The second-order valence-electron chi connectivity index (χ2n) is 6.07. The molecule has 0 N–H and O–H groups in total. The monoisotopic (exact) mass is 294 g/mol. The van der Waals surface area contributed by atoms with Gasteiger partial charge in [0.25, 0.3) is 0 Å².